The Morgan fingerprint density at radius 3 is 2.94 bits per heavy atom. The molecule has 2 atom stereocenters. The molecule has 94 valence electrons. The van der Waals surface area contributed by atoms with Crippen molar-refractivity contribution in [2.45, 2.75) is 50.5 Å². The van der Waals surface area contributed by atoms with Crippen LogP contribution in [0.2, 0.25) is 0 Å². The van der Waals surface area contributed by atoms with Crippen molar-refractivity contribution in [1.82, 2.24) is 9.36 Å². The van der Waals surface area contributed by atoms with E-state index in [1.807, 2.05) is 0 Å². The topological polar surface area (TPSA) is 58.0 Å². The Morgan fingerprint density at radius 2 is 2.18 bits per heavy atom. The maximum absolute atomic E-state index is 9.61. The molecule has 5 heteroatoms. The molecule has 0 saturated heterocycles. The Bertz CT molecular complexity index is 378. The molecule has 1 aromatic rings. The summed E-state index contributed by atoms with van der Waals surface area (Å²) in [6, 6.07) is 0. The fourth-order valence-corrected chi connectivity index (χ4v) is 3.15. The van der Waals surface area contributed by atoms with Crippen molar-refractivity contribution in [3.05, 3.63) is 5.82 Å². The molecule has 2 saturated carbocycles. The molecule has 1 heterocycles. The third kappa shape index (κ3) is 2.96. The van der Waals surface area contributed by atoms with Gasteiger partial charge in [-0.15, -0.1) is 0 Å². The fourth-order valence-electron chi connectivity index (χ4n) is 2.49. The van der Waals surface area contributed by atoms with E-state index in [9.17, 15) is 5.11 Å². The van der Waals surface area contributed by atoms with E-state index in [2.05, 4.69) is 14.7 Å². The smallest absolute Gasteiger partial charge is 0.202 e. The van der Waals surface area contributed by atoms with Gasteiger partial charge in [0.05, 0.1) is 6.10 Å². The van der Waals surface area contributed by atoms with Gasteiger partial charge in [-0.25, -0.2) is 4.98 Å². The second-order valence-electron chi connectivity index (χ2n) is 5.30. The molecule has 0 radical (unpaired) electrons. The highest BCUT2D eigenvalue weighted by molar-refractivity contribution is 7.09. The van der Waals surface area contributed by atoms with Crippen molar-refractivity contribution in [1.29, 1.82) is 0 Å². The number of hydrogen-bond donors (Lipinski definition) is 2. The maximum atomic E-state index is 9.61. The number of nitrogens with zero attached hydrogens (tertiary/aromatic N) is 2. The predicted molar refractivity (Wildman–Crippen MR) is 68.3 cm³/mol. The first kappa shape index (κ1) is 11.4. The van der Waals surface area contributed by atoms with Crippen LogP contribution in [0.25, 0.3) is 0 Å². The second kappa shape index (κ2) is 4.90. The van der Waals surface area contributed by atoms with Gasteiger partial charge in [0.25, 0.3) is 0 Å². The molecule has 4 nitrogen and oxygen atoms in total. The average Bonchev–Trinajstić information content (AvgIpc) is 3.07. The summed E-state index contributed by atoms with van der Waals surface area (Å²) >= 11 is 1.47. The number of aliphatic hydroxyl groups excluding tert-OH is 1. The third-order valence-electron chi connectivity index (χ3n) is 3.68. The zero-order valence-electron chi connectivity index (χ0n) is 9.93. The van der Waals surface area contributed by atoms with E-state index >= 15 is 0 Å². The van der Waals surface area contributed by atoms with Crippen LogP contribution in [0.15, 0.2) is 0 Å². The van der Waals surface area contributed by atoms with Gasteiger partial charge in [-0.3, -0.25) is 0 Å². The minimum absolute atomic E-state index is 0.0907. The Balaban J connectivity index is 1.49. The maximum Gasteiger partial charge on any atom is 0.202 e. The molecule has 2 N–H and O–H groups in total. The van der Waals surface area contributed by atoms with Crippen LogP contribution in [0.3, 0.4) is 0 Å². The van der Waals surface area contributed by atoms with E-state index in [4.69, 9.17) is 0 Å². The van der Waals surface area contributed by atoms with E-state index in [-0.39, 0.29) is 6.10 Å². The van der Waals surface area contributed by atoms with Gasteiger partial charge in [0, 0.05) is 24.0 Å². The number of rotatable bonds is 4. The summed E-state index contributed by atoms with van der Waals surface area (Å²) in [5, 5.41) is 13.9. The van der Waals surface area contributed by atoms with Crippen molar-refractivity contribution in [3.8, 4) is 0 Å². The highest BCUT2D eigenvalue weighted by atomic mass is 32.1. The molecule has 2 aliphatic rings. The first-order chi connectivity index (χ1) is 8.31. The molecule has 0 spiro atoms. The van der Waals surface area contributed by atoms with Crippen LogP contribution in [0.1, 0.15) is 50.3 Å². The number of anilines is 1. The lowest BCUT2D eigenvalue weighted by Crippen LogP contribution is -2.24. The molecule has 0 amide bonds. The summed E-state index contributed by atoms with van der Waals surface area (Å²) in [5.74, 6) is 2.26. The van der Waals surface area contributed by atoms with E-state index < -0.39 is 0 Å². The molecule has 1 aromatic heterocycles. The van der Waals surface area contributed by atoms with Crippen molar-refractivity contribution in [2.75, 3.05) is 11.9 Å². The number of nitrogens with one attached hydrogen (secondary N) is 1. The van der Waals surface area contributed by atoms with Gasteiger partial charge >= 0.3 is 0 Å². The Hall–Kier alpha value is -0.680. The van der Waals surface area contributed by atoms with Crippen molar-refractivity contribution < 1.29 is 5.11 Å². The lowest BCUT2D eigenvalue weighted by atomic mass is 9.87. The Morgan fingerprint density at radius 1 is 1.29 bits per heavy atom. The van der Waals surface area contributed by atoms with Gasteiger partial charge in [-0.2, -0.15) is 4.37 Å². The average molecular weight is 253 g/mol. The van der Waals surface area contributed by atoms with E-state index in [1.165, 1.54) is 30.8 Å². The summed E-state index contributed by atoms with van der Waals surface area (Å²) in [4.78, 5) is 4.51. The zero-order chi connectivity index (χ0) is 11.7. The standard InChI is InChI=1S/C12H19N3OS/c16-10-3-1-2-8(6-10)7-13-12-14-11(15-17-12)9-4-5-9/h8-10,16H,1-7H2,(H,13,14,15). The van der Waals surface area contributed by atoms with Crippen molar-refractivity contribution in [2.24, 2.45) is 5.92 Å². The van der Waals surface area contributed by atoms with Gasteiger partial charge in [0.2, 0.25) is 5.13 Å². The normalized spacial score (nSPS) is 29.2. The van der Waals surface area contributed by atoms with Crippen LogP contribution < -0.4 is 5.32 Å². The molecule has 2 aliphatic carbocycles. The lowest BCUT2D eigenvalue weighted by Gasteiger charge is -2.25. The molecule has 0 aliphatic heterocycles. The summed E-state index contributed by atoms with van der Waals surface area (Å²) in [5.41, 5.74) is 0. The van der Waals surface area contributed by atoms with Crippen LogP contribution in [0, 0.1) is 5.92 Å². The highest BCUT2D eigenvalue weighted by Gasteiger charge is 2.28. The van der Waals surface area contributed by atoms with Crippen LogP contribution in [-0.4, -0.2) is 27.1 Å². The zero-order valence-corrected chi connectivity index (χ0v) is 10.7. The largest absolute Gasteiger partial charge is 0.393 e. The molecule has 2 unspecified atom stereocenters. The van der Waals surface area contributed by atoms with Gasteiger partial charge < -0.3 is 10.4 Å². The van der Waals surface area contributed by atoms with E-state index in [1.54, 1.807) is 0 Å². The highest BCUT2D eigenvalue weighted by Crippen LogP contribution is 2.39. The van der Waals surface area contributed by atoms with Crippen LogP contribution in [0.4, 0.5) is 5.13 Å². The van der Waals surface area contributed by atoms with Gasteiger partial charge in [-0.05, 0) is 38.0 Å². The lowest BCUT2D eigenvalue weighted by molar-refractivity contribution is 0.105. The van der Waals surface area contributed by atoms with Crippen LogP contribution in [0.5, 0.6) is 0 Å². The van der Waals surface area contributed by atoms with Gasteiger partial charge in [0.15, 0.2) is 0 Å². The van der Waals surface area contributed by atoms with E-state index in [0.717, 1.165) is 36.8 Å². The second-order valence-corrected chi connectivity index (χ2v) is 6.05. The first-order valence-corrected chi connectivity index (χ1v) is 7.34. The third-order valence-corrected chi connectivity index (χ3v) is 4.37. The molecule has 0 aromatic carbocycles. The SMILES string of the molecule is OC1CCCC(CNc2nc(C3CC3)ns2)C1. The summed E-state index contributed by atoms with van der Waals surface area (Å²) in [6.45, 7) is 0.927. The van der Waals surface area contributed by atoms with Crippen LogP contribution >= 0.6 is 11.5 Å². The fraction of sp³-hybridized carbons (Fsp3) is 0.833. The van der Waals surface area contributed by atoms with Crippen LogP contribution in [-0.2, 0) is 0 Å². The molecule has 0 bridgehead atoms. The predicted octanol–water partition coefficient (Wildman–Crippen LogP) is 2.38. The Labute approximate surface area is 106 Å². The first-order valence-electron chi connectivity index (χ1n) is 6.57. The monoisotopic (exact) mass is 253 g/mol. The summed E-state index contributed by atoms with van der Waals surface area (Å²) in [6.07, 6.45) is 6.69. The van der Waals surface area contributed by atoms with E-state index in [0.29, 0.717) is 11.8 Å². The molecule has 2 fully saturated rings. The minimum atomic E-state index is -0.0907. The molecule has 3 rings (SSSR count). The molecular weight excluding hydrogens is 234 g/mol. The van der Waals surface area contributed by atoms with Crippen molar-refractivity contribution in [3.63, 3.8) is 0 Å². The van der Waals surface area contributed by atoms with Crippen molar-refractivity contribution >= 4 is 16.7 Å². The number of aliphatic hydroxyl groups is 1. The van der Waals surface area contributed by atoms with Gasteiger partial charge in [0.1, 0.15) is 5.82 Å². The minimum Gasteiger partial charge on any atom is -0.393 e. The quantitative estimate of drug-likeness (QED) is 0.865. The summed E-state index contributed by atoms with van der Waals surface area (Å²) in [7, 11) is 0. The Kier molecular flexibility index (Phi) is 3.29. The summed E-state index contributed by atoms with van der Waals surface area (Å²) < 4.78 is 4.38. The molecular formula is C12H19N3OS. The van der Waals surface area contributed by atoms with Gasteiger partial charge in [-0.1, -0.05) is 6.42 Å². The number of aromatic nitrogens is 2. The molecule has 17 heavy (non-hydrogen) atoms. The number of hydrogen-bond acceptors (Lipinski definition) is 5.